The first-order chi connectivity index (χ1) is 8.56. The zero-order chi connectivity index (χ0) is 13.5. The van der Waals surface area contributed by atoms with Crippen LogP contribution in [0, 0.1) is 0 Å². The highest BCUT2D eigenvalue weighted by Gasteiger charge is 2.04. The molecule has 4 N–H and O–H groups in total. The molecule has 0 aliphatic rings. The smallest absolute Gasteiger partial charge is 0.145 e. The number of nitrogens with zero attached hydrogens (tertiary/aromatic N) is 3. The fourth-order valence-electron chi connectivity index (χ4n) is 1.44. The highest BCUT2D eigenvalue weighted by molar-refractivity contribution is 5.46. The molecule has 0 aliphatic carbocycles. The van der Waals surface area contributed by atoms with E-state index in [-0.39, 0.29) is 0 Å². The first-order valence-corrected chi connectivity index (χ1v) is 6.35. The predicted octanol–water partition coefficient (Wildman–Crippen LogP) is 1.08. The van der Waals surface area contributed by atoms with Crippen LogP contribution >= 0.6 is 0 Å². The van der Waals surface area contributed by atoms with Crippen LogP contribution in [-0.2, 0) is 6.42 Å². The molecule has 0 radical (unpaired) electrons. The summed E-state index contributed by atoms with van der Waals surface area (Å²) in [5, 5.41) is 3.29. The van der Waals surface area contributed by atoms with Gasteiger partial charge in [-0.1, -0.05) is 6.92 Å². The number of aromatic nitrogens is 2. The fourth-order valence-corrected chi connectivity index (χ4v) is 1.44. The third-order valence-corrected chi connectivity index (χ3v) is 2.89. The largest absolute Gasteiger partial charge is 0.369 e. The number of hydrazine groups is 1. The van der Waals surface area contributed by atoms with Crippen molar-refractivity contribution in [1.82, 2.24) is 14.9 Å². The van der Waals surface area contributed by atoms with E-state index < -0.39 is 0 Å². The summed E-state index contributed by atoms with van der Waals surface area (Å²) in [5.74, 6) is 7.62. The summed E-state index contributed by atoms with van der Waals surface area (Å²) in [6, 6.07) is 2.36. The van der Waals surface area contributed by atoms with Crippen LogP contribution in [0.5, 0.6) is 0 Å². The van der Waals surface area contributed by atoms with E-state index in [1.807, 2.05) is 13.0 Å². The number of nitrogens with two attached hydrogens (primary N) is 1. The summed E-state index contributed by atoms with van der Waals surface area (Å²) >= 11 is 0. The Hall–Kier alpha value is -1.40. The molecular formula is C12H24N6. The molecule has 0 saturated heterocycles. The van der Waals surface area contributed by atoms with Gasteiger partial charge in [0.2, 0.25) is 0 Å². The molecule has 102 valence electrons. The van der Waals surface area contributed by atoms with E-state index in [0.717, 1.165) is 31.2 Å². The number of anilines is 2. The number of hydrogen-bond acceptors (Lipinski definition) is 6. The topological polar surface area (TPSA) is 79.1 Å². The summed E-state index contributed by atoms with van der Waals surface area (Å²) in [6.07, 6.45) is 0.788. The van der Waals surface area contributed by atoms with E-state index in [1.165, 1.54) is 0 Å². The summed E-state index contributed by atoms with van der Waals surface area (Å²) in [5.41, 5.74) is 2.56. The van der Waals surface area contributed by atoms with Gasteiger partial charge in [0.1, 0.15) is 17.5 Å². The van der Waals surface area contributed by atoms with Crippen molar-refractivity contribution in [3.63, 3.8) is 0 Å². The van der Waals surface area contributed by atoms with Gasteiger partial charge in [-0.3, -0.25) is 0 Å². The van der Waals surface area contributed by atoms with Gasteiger partial charge in [-0.25, -0.2) is 15.8 Å². The van der Waals surface area contributed by atoms with E-state index >= 15 is 0 Å². The van der Waals surface area contributed by atoms with Crippen molar-refractivity contribution in [2.24, 2.45) is 5.84 Å². The number of hydrogen-bond donors (Lipinski definition) is 3. The molecule has 0 atom stereocenters. The minimum atomic E-state index is 0.546. The number of nitrogens with one attached hydrogen (secondary N) is 2. The van der Waals surface area contributed by atoms with Crippen LogP contribution < -0.4 is 16.6 Å². The van der Waals surface area contributed by atoms with Crippen LogP contribution in [-0.4, -0.2) is 41.0 Å². The summed E-state index contributed by atoms with van der Waals surface area (Å²) in [4.78, 5) is 10.9. The van der Waals surface area contributed by atoms with Crippen LogP contribution in [0.25, 0.3) is 0 Å². The van der Waals surface area contributed by atoms with Gasteiger partial charge in [-0.15, -0.1) is 0 Å². The molecule has 1 aromatic rings. The maximum absolute atomic E-state index is 5.38. The number of likely N-dealkylation sites (N-methyl/N-ethyl adjacent to an activating group) is 1. The van der Waals surface area contributed by atoms with Crippen LogP contribution in [0.3, 0.4) is 0 Å². The average molecular weight is 252 g/mol. The highest BCUT2D eigenvalue weighted by Crippen LogP contribution is 2.10. The lowest BCUT2D eigenvalue weighted by Gasteiger charge is -2.21. The molecule has 0 aliphatic heterocycles. The van der Waals surface area contributed by atoms with E-state index in [1.54, 1.807) is 0 Å². The van der Waals surface area contributed by atoms with Crippen molar-refractivity contribution >= 4 is 11.6 Å². The quantitative estimate of drug-likeness (QED) is 0.498. The Morgan fingerprint density at radius 3 is 2.56 bits per heavy atom. The number of rotatable bonds is 7. The van der Waals surface area contributed by atoms with Gasteiger partial charge in [-0.2, -0.15) is 0 Å². The van der Waals surface area contributed by atoms with Gasteiger partial charge < -0.3 is 15.6 Å². The Kier molecular flexibility index (Phi) is 5.80. The van der Waals surface area contributed by atoms with Crippen LogP contribution in [0.4, 0.5) is 11.6 Å². The van der Waals surface area contributed by atoms with Gasteiger partial charge in [0.15, 0.2) is 0 Å². The molecule has 0 unspecified atom stereocenters. The Bertz CT molecular complexity index is 343. The summed E-state index contributed by atoms with van der Waals surface area (Å²) in [6.45, 7) is 8.19. The molecule has 0 amide bonds. The maximum Gasteiger partial charge on any atom is 0.145 e. The lowest BCUT2D eigenvalue weighted by atomic mass is 10.3. The zero-order valence-electron chi connectivity index (χ0n) is 11.7. The standard InChI is InChI=1S/C12H24N6/c1-5-10-15-11(8-12(16-10)17-13)14-6-7-18(4)9(2)3/h8-9H,5-7,13H2,1-4H3,(H2,14,15,16,17). The van der Waals surface area contributed by atoms with Gasteiger partial charge in [0, 0.05) is 31.6 Å². The second-order valence-corrected chi connectivity index (χ2v) is 4.55. The van der Waals surface area contributed by atoms with E-state index in [4.69, 9.17) is 5.84 Å². The minimum absolute atomic E-state index is 0.546. The Morgan fingerprint density at radius 2 is 2.00 bits per heavy atom. The van der Waals surface area contributed by atoms with E-state index in [9.17, 15) is 0 Å². The number of aryl methyl sites for hydroxylation is 1. The molecule has 18 heavy (non-hydrogen) atoms. The lowest BCUT2D eigenvalue weighted by molar-refractivity contribution is 0.284. The SMILES string of the molecule is CCc1nc(NN)cc(NCCN(C)C(C)C)n1. The van der Waals surface area contributed by atoms with Gasteiger partial charge >= 0.3 is 0 Å². The molecule has 0 aromatic carbocycles. The van der Waals surface area contributed by atoms with Crippen molar-refractivity contribution in [2.45, 2.75) is 33.2 Å². The van der Waals surface area contributed by atoms with Crippen molar-refractivity contribution < 1.29 is 0 Å². The molecule has 0 bridgehead atoms. The first kappa shape index (κ1) is 14.7. The molecule has 6 nitrogen and oxygen atoms in total. The Labute approximate surface area is 109 Å². The lowest BCUT2D eigenvalue weighted by Crippen LogP contribution is -2.31. The van der Waals surface area contributed by atoms with Crippen molar-refractivity contribution in [3.05, 3.63) is 11.9 Å². The second-order valence-electron chi connectivity index (χ2n) is 4.55. The van der Waals surface area contributed by atoms with Gasteiger partial charge in [0.05, 0.1) is 0 Å². The zero-order valence-corrected chi connectivity index (χ0v) is 11.7. The van der Waals surface area contributed by atoms with Crippen LogP contribution in [0.2, 0.25) is 0 Å². The van der Waals surface area contributed by atoms with Gasteiger partial charge in [0.25, 0.3) is 0 Å². The van der Waals surface area contributed by atoms with Crippen molar-refractivity contribution in [1.29, 1.82) is 0 Å². The number of nitrogen functional groups attached to an aromatic ring is 1. The predicted molar refractivity (Wildman–Crippen MR) is 75.5 cm³/mol. The Morgan fingerprint density at radius 1 is 1.33 bits per heavy atom. The molecule has 0 spiro atoms. The Balaban J connectivity index is 2.56. The maximum atomic E-state index is 5.38. The van der Waals surface area contributed by atoms with Crippen LogP contribution in [0.1, 0.15) is 26.6 Å². The molecular weight excluding hydrogens is 228 g/mol. The van der Waals surface area contributed by atoms with Crippen molar-refractivity contribution in [3.8, 4) is 0 Å². The molecule has 0 saturated carbocycles. The van der Waals surface area contributed by atoms with E-state index in [0.29, 0.717) is 11.9 Å². The minimum Gasteiger partial charge on any atom is -0.369 e. The summed E-state index contributed by atoms with van der Waals surface area (Å²) in [7, 11) is 2.11. The molecule has 0 fully saturated rings. The highest BCUT2D eigenvalue weighted by atomic mass is 15.3. The third-order valence-electron chi connectivity index (χ3n) is 2.89. The molecule has 6 heteroatoms. The van der Waals surface area contributed by atoms with Crippen LogP contribution in [0.15, 0.2) is 6.07 Å². The summed E-state index contributed by atoms with van der Waals surface area (Å²) < 4.78 is 0. The fraction of sp³-hybridized carbons (Fsp3) is 0.667. The molecule has 1 heterocycles. The second kappa shape index (κ2) is 7.13. The van der Waals surface area contributed by atoms with Gasteiger partial charge in [-0.05, 0) is 20.9 Å². The van der Waals surface area contributed by atoms with E-state index in [2.05, 4.69) is 46.5 Å². The average Bonchev–Trinajstić information content (AvgIpc) is 2.37. The molecule has 1 rings (SSSR count). The normalized spacial score (nSPS) is 11.1. The molecule has 1 aromatic heterocycles. The third kappa shape index (κ3) is 4.46. The monoisotopic (exact) mass is 252 g/mol. The first-order valence-electron chi connectivity index (χ1n) is 6.35. The van der Waals surface area contributed by atoms with Crippen molar-refractivity contribution in [2.75, 3.05) is 30.9 Å².